The monoisotopic (exact) mass is 238 g/mol. The number of hydrogen-bond donors (Lipinski definition) is 2. The molecule has 1 atom stereocenters. The van der Waals surface area contributed by atoms with Gasteiger partial charge in [-0.05, 0) is 18.6 Å². The number of aliphatic carboxylic acids is 1. The zero-order chi connectivity index (χ0) is 12.8. The molecule has 5 heteroatoms. The molecule has 0 saturated carbocycles. The summed E-state index contributed by atoms with van der Waals surface area (Å²) in [7, 11) is 0. The van der Waals surface area contributed by atoms with Gasteiger partial charge in [0.2, 0.25) is 0 Å². The summed E-state index contributed by atoms with van der Waals surface area (Å²) in [5, 5.41) is 18.2. The highest BCUT2D eigenvalue weighted by Gasteiger charge is 2.17. The average Bonchev–Trinajstić information content (AvgIpc) is 2.29. The molecule has 1 aromatic rings. The third-order valence-corrected chi connectivity index (χ3v) is 2.44. The Hall–Kier alpha value is -2.04. The first-order chi connectivity index (χ1) is 8.10. The van der Waals surface area contributed by atoms with Gasteiger partial charge in [-0.2, -0.15) is 0 Å². The van der Waals surface area contributed by atoms with Crippen molar-refractivity contribution in [2.75, 3.05) is 6.61 Å². The van der Waals surface area contributed by atoms with E-state index in [4.69, 9.17) is 9.84 Å². The van der Waals surface area contributed by atoms with Crippen LogP contribution in [-0.4, -0.2) is 29.1 Å². The number of aromatic hydroxyl groups is 1. The predicted octanol–water partition coefficient (Wildman–Crippen LogP) is 1.69. The Kier molecular flexibility index (Phi) is 4.51. The van der Waals surface area contributed by atoms with Crippen molar-refractivity contribution in [1.29, 1.82) is 0 Å². The van der Waals surface area contributed by atoms with Crippen molar-refractivity contribution >= 4 is 12.3 Å². The standard InChI is InChI=1S/C12H14O5/c1-2-8(12(15)16)7-17-11-5-3-4-10(14)9(11)6-13/h3-6,8,14H,2,7H2,1H3,(H,15,16). The topological polar surface area (TPSA) is 83.8 Å². The van der Waals surface area contributed by atoms with E-state index < -0.39 is 11.9 Å². The summed E-state index contributed by atoms with van der Waals surface area (Å²) in [5.74, 6) is -1.56. The highest BCUT2D eigenvalue weighted by atomic mass is 16.5. The van der Waals surface area contributed by atoms with Crippen LogP contribution in [0.15, 0.2) is 18.2 Å². The van der Waals surface area contributed by atoms with E-state index in [1.54, 1.807) is 6.92 Å². The van der Waals surface area contributed by atoms with Crippen molar-refractivity contribution in [3.05, 3.63) is 23.8 Å². The predicted molar refractivity (Wildman–Crippen MR) is 60.4 cm³/mol. The maximum absolute atomic E-state index is 10.8. The molecule has 0 fully saturated rings. The van der Waals surface area contributed by atoms with Crippen LogP contribution in [-0.2, 0) is 4.79 Å². The molecule has 0 bridgehead atoms. The van der Waals surface area contributed by atoms with E-state index in [1.807, 2.05) is 0 Å². The number of ether oxygens (including phenoxy) is 1. The number of carboxylic acid groups (broad SMARTS) is 1. The molecule has 92 valence electrons. The van der Waals surface area contributed by atoms with Crippen molar-refractivity contribution in [3.8, 4) is 11.5 Å². The van der Waals surface area contributed by atoms with E-state index in [0.29, 0.717) is 12.7 Å². The fraction of sp³-hybridized carbons (Fsp3) is 0.333. The number of benzene rings is 1. The van der Waals surface area contributed by atoms with Gasteiger partial charge >= 0.3 is 5.97 Å². The molecule has 1 aromatic carbocycles. The fourth-order valence-corrected chi connectivity index (χ4v) is 1.33. The number of hydrogen-bond acceptors (Lipinski definition) is 4. The summed E-state index contributed by atoms with van der Waals surface area (Å²) < 4.78 is 5.25. The van der Waals surface area contributed by atoms with E-state index in [-0.39, 0.29) is 23.7 Å². The number of aldehydes is 1. The summed E-state index contributed by atoms with van der Waals surface area (Å²) >= 11 is 0. The molecule has 0 aliphatic rings. The van der Waals surface area contributed by atoms with Crippen LogP contribution < -0.4 is 4.74 Å². The van der Waals surface area contributed by atoms with Gasteiger partial charge in [-0.3, -0.25) is 9.59 Å². The number of carboxylic acids is 1. The Morgan fingerprint density at radius 2 is 2.24 bits per heavy atom. The van der Waals surface area contributed by atoms with Gasteiger partial charge in [-0.1, -0.05) is 13.0 Å². The normalized spacial score (nSPS) is 11.8. The zero-order valence-corrected chi connectivity index (χ0v) is 9.42. The molecule has 0 aliphatic heterocycles. The van der Waals surface area contributed by atoms with E-state index in [1.165, 1.54) is 18.2 Å². The van der Waals surface area contributed by atoms with E-state index >= 15 is 0 Å². The summed E-state index contributed by atoms with van der Waals surface area (Å²) in [6.07, 6.45) is 0.914. The van der Waals surface area contributed by atoms with Crippen LogP contribution in [0.5, 0.6) is 11.5 Å². The van der Waals surface area contributed by atoms with Crippen LogP contribution in [0, 0.1) is 5.92 Å². The quantitative estimate of drug-likeness (QED) is 0.737. The second kappa shape index (κ2) is 5.89. The van der Waals surface area contributed by atoms with Crippen molar-refractivity contribution in [3.63, 3.8) is 0 Å². The van der Waals surface area contributed by atoms with Crippen LogP contribution >= 0.6 is 0 Å². The van der Waals surface area contributed by atoms with E-state index in [0.717, 1.165) is 0 Å². The minimum atomic E-state index is -0.944. The zero-order valence-electron chi connectivity index (χ0n) is 9.42. The van der Waals surface area contributed by atoms with Crippen LogP contribution in [0.4, 0.5) is 0 Å². The molecule has 2 N–H and O–H groups in total. The number of carbonyl (C=O) groups excluding carboxylic acids is 1. The van der Waals surface area contributed by atoms with Crippen LogP contribution in [0.2, 0.25) is 0 Å². The average molecular weight is 238 g/mol. The minimum Gasteiger partial charge on any atom is -0.507 e. The maximum Gasteiger partial charge on any atom is 0.309 e. The molecule has 1 rings (SSSR count). The van der Waals surface area contributed by atoms with Gasteiger partial charge in [0.1, 0.15) is 18.1 Å². The summed E-state index contributed by atoms with van der Waals surface area (Å²) in [5.41, 5.74) is 0.0349. The SMILES string of the molecule is CCC(COc1cccc(O)c1C=O)C(=O)O. The van der Waals surface area contributed by atoms with E-state index in [2.05, 4.69) is 0 Å². The minimum absolute atomic E-state index is 0.0316. The van der Waals surface area contributed by atoms with Crippen molar-refractivity contribution < 1.29 is 24.5 Å². The van der Waals surface area contributed by atoms with Gasteiger partial charge in [0.15, 0.2) is 6.29 Å². The Bertz CT molecular complexity index is 413. The second-order valence-electron chi connectivity index (χ2n) is 3.56. The highest BCUT2D eigenvalue weighted by molar-refractivity contribution is 5.83. The van der Waals surface area contributed by atoms with Gasteiger partial charge in [0, 0.05) is 0 Å². The molecule has 5 nitrogen and oxygen atoms in total. The first-order valence-electron chi connectivity index (χ1n) is 5.22. The first-order valence-corrected chi connectivity index (χ1v) is 5.22. The smallest absolute Gasteiger partial charge is 0.309 e. The van der Waals surface area contributed by atoms with Gasteiger partial charge in [-0.15, -0.1) is 0 Å². The summed E-state index contributed by atoms with van der Waals surface area (Å²) in [6.45, 7) is 1.71. The molecular weight excluding hydrogens is 224 g/mol. The Morgan fingerprint density at radius 1 is 1.53 bits per heavy atom. The molecular formula is C12H14O5. The molecule has 0 radical (unpaired) electrons. The maximum atomic E-state index is 10.8. The van der Waals surface area contributed by atoms with Crippen molar-refractivity contribution in [2.45, 2.75) is 13.3 Å². The Balaban J connectivity index is 2.78. The molecule has 0 aliphatic carbocycles. The molecule has 0 spiro atoms. The Morgan fingerprint density at radius 3 is 2.76 bits per heavy atom. The van der Waals surface area contributed by atoms with Crippen LogP contribution in [0.3, 0.4) is 0 Å². The molecule has 0 amide bonds. The number of rotatable bonds is 6. The largest absolute Gasteiger partial charge is 0.507 e. The number of carbonyl (C=O) groups is 2. The van der Waals surface area contributed by atoms with Gasteiger partial charge in [-0.25, -0.2) is 0 Å². The van der Waals surface area contributed by atoms with E-state index in [9.17, 15) is 14.7 Å². The lowest BCUT2D eigenvalue weighted by Crippen LogP contribution is -2.20. The fourth-order valence-electron chi connectivity index (χ4n) is 1.33. The molecule has 0 aromatic heterocycles. The number of phenols is 1. The first kappa shape index (κ1) is 13.0. The lowest BCUT2D eigenvalue weighted by Gasteiger charge is -2.13. The second-order valence-corrected chi connectivity index (χ2v) is 3.56. The molecule has 0 heterocycles. The lowest BCUT2D eigenvalue weighted by atomic mass is 10.1. The molecule has 0 saturated heterocycles. The molecule has 1 unspecified atom stereocenters. The molecule has 17 heavy (non-hydrogen) atoms. The van der Waals surface area contributed by atoms with Crippen molar-refractivity contribution in [1.82, 2.24) is 0 Å². The van der Waals surface area contributed by atoms with Gasteiger partial charge in [0.05, 0.1) is 11.5 Å². The van der Waals surface area contributed by atoms with Gasteiger partial charge < -0.3 is 14.9 Å². The van der Waals surface area contributed by atoms with Gasteiger partial charge in [0.25, 0.3) is 0 Å². The third-order valence-electron chi connectivity index (χ3n) is 2.44. The van der Waals surface area contributed by atoms with Crippen molar-refractivity contribution in [2.24, 2.45) is 5.92 Å². The van der Waals surface area contributed by atoms with Crippen LogP contribution in [0.25, 0.3) is 0 Å². The third kappa shape index (κ3) is 3.21. The lowest BCUT2D eigenvalue weighted by molar-refractivity contribution is -0.142. The Labute approximate surface area is 98.6 Å². The summed E-state index contributed by atoms with van der Waals surface area (Å²) in [4.78, 5) is 21.5. The highest BCUT2D eigenvalue weighted by Crippen LogP contribution is 2.25. The summed E-state index contributed by atoms with van der Waals surface area (Å²) in [6, 6.07) is 4.41. The van der Waals surface area contributed by atoms with Crippen LogP contribution in [0.1, 0.15) is 23.7 Å². The number of phenolic OH excluding ortho intramolecular Hbond substituents is 1.